The number of rotatable bonds is 8. The summed E-state index contributed by atoms with van der Waals surface area (Å²) in [6.07, 6.45) is 1.80. The van der Waals surface area contributed by atoms with Crippen LogP contribution in [-0.2, 0) is 9.84 Å². The second-order valence-electron chi connectivity index (χ2n) is 6.85. The van der Waals surface area contributed by atoms with Gasteiger partial charge < -0.3 is 14.5 Å². The number of thiophene rings is 1. The number of carbonyl (C=O) groups excluding carboxylic acids is 1. The Morgan fingerprint density at radius 3 is 2.59 bits per heavy atom. The molecule has 0 aliphatic heterocycles. The predicted molar refractivity (Wildman–Crippen MR) is 118 cm³/mol. The normalized spacial score (nSPS) is 11.6. The van der Waals surface area contributed by atoms with Gasteiger partial charge in [-0.05, 0) is 30.7 Å². The second kappa shape index (κ2) is 8.68. The highest BCUT2D eigenvalue weighted by atomic mass is 32.2. The summed E-state index contributed by atoms with van der Waals surface area (Å²) in [7, 11) is 2.39. The summed E-state index contributed by atoms with van der Waals surface area (Å²) in [5.41, 5.74) is 0. The van der Waals surface area contributed by atoms with Gasteiger partial charge in [-0.1, -0.05) is 17.4 Å². The number of ether oxygens (including phenoxy) is 1. The van der Waals surface area contributed by atoms with Gasteiger partial charge in [0, 0.05) is 33.9 Å². The molecule has 0 unspecified atom stereocenters. The van der Waals surface area contributed by atoms with Crippen molar-refractivity contribution in [2.24, 2.45) is 0 Å². The number of aromatic nitrogens is 1. The number of nitrogens with zero attached hydrogens (tertiary/aromatic N) is 3. The number of carbonyl (C=O) groups is 1. The van der Waals surface area contributed by atoms with Crippen molar-refractivity contribution >= 4 is 53.1 Å². The third-order valence-corrected chi connectivity index (χ3v) is 7.58. The summed E-state index contributed by atoms with van der Waals surface area (Å²) in [5.74, 6) is 0.467. The molecule has 0 aliphatic rings. The van der Waals surface area contributed by atoms with Crippen LogP contribution in [0.2, 0.25) is 0 Å². The summed E-state index contributed by atoms with van der Waals surface area (Å²) in [5, 5.41) is 0.927. The SMILES string of the molecule is CN(CCCOc1cccc(S(C)(=O)=O)c1)C(=O)c1cc2sc(N(C)C)nc2s1. The lowest BCUT2D eigenvalue weighted by Gasteiger charge is -2.16. The van der Waals surface area contributed by atoms with Crippen molar-refractivity contribution in [3.05, 3.63) is 35.2 Å². The number of amides is 1. The van der Waals surface area contributed by atoms with E-state index in [1.807, 2.05) is 25.1 Å². The van der Waals surface area contributed by atoms with E-state index in [1.165, 1.54) is 23.5 Å². The lowest BCUT2D eigenvalue weighted by molar-refractivity contribution is 0.0792. The van der Waals surface area contributed by atoms with Crippen molar-refractivity contribution in [2.45, 2.75) is 11.3 Å². The minimum atomic E-state index is -3.26. The van der Waals surface area contributed by atoms with Gasteiger partial charge in [0.15, 0.2) is 15.0 Å². The fourth-order valence-electron chi connectivity index (χ4n) is 2.60. The third kappa shape index (κ3) is 5.26. The largest absolute Gasteiger partial charge is 0.493 e. The minimum Gasteiger partial charge on any atom is -0.493 e. The van der Waals surface area contributed by atoms with Crippen LogP contribution in [0.25, 0.3) is 9.53 Å². The molecule has 0 radical (unpaired) electrons. The van der Waals surface area contributed by atoms with Crippen LogP contribution in [0.3, 0.4) is 0 Å². The van der Waals surface area contributed by atoms with Crippen molar-refractivity contribution in [1.82, 2.24) is 9.88 Å². The molecular formula is C19H23N3O4S3. The van der Waals surface area contributed by atoms with Gasteiger partial charge in [0.1, 0.15) is 10.6 Å². The number of sulfone groups is 1. The first-order valence-electron chi connectivity index (χ1n) is 8.91. The number of fused-ring (bicyclic) bond motifs is 1. The van der Waals surface area contributed by atoms with Crippen LogP contribution in [0, 0.1) is 0 Å². The Bertz CT molecular complexity index is 1090. The zero-order valence-electron chi connectivity index (χ0n) is 16.7. The Balaban J connectivity index is 1.52. The summed E-state index contributed by atoms with van der Waals surface area (Å²) in [6.45, 7) is 0.921. The molecule has 0 aliphatic carbocycles. The Morgan fingerprint density at radius 1 is 1.17 bits per heavy atom. The molecule has 3 rings (SSSR count). The molecule has 0 N–H and O–H groups in total. The van der Waals surface area contributed by atoms with Gasteiger partial charge in [-0.25, -0.2) is 13.4 Å². The fourth-order valence-corrected chi connectivity index (χ4v) is 5.38. The van der Waals surface area contributed by atoms with E-state index < -0.39 is 9.84 Å². The van der Waals surface area contributed by atoms with E-state index in [4.69, 9.17) is 4.74 Å². The van der Waals surface area contributed by atoms with E-state index in [1.54, 1.807) is 35.4 Å². The standard InChI is InChI=1S/C19H23N3O4S3/c1-21(2)19-20-17-15(28-19)12-16(27-17)18(23)22(3)9-6-10-26-13-7-5-8-14(11-13)29(4,24)25/h5,7-8,11-12H,6,9-10H2,1-4H3. The van der Waals surface area contributed by atoms with Gasteiger partial charge in [-0.3, -0.25) is 4.79 Å². The van der Waals surface area contributed by atoms with Gasteiger partial charge in [0.2, 0.25) is 0 Å². The topological polar surface area (TPSA) is 79.8 Å². The van der Waals surface area contributed by atoms with Crippen molar-refractivity contribution in [2.75, 3.05) is 45.5 Å². The molecule has 3 aromatic rings. The van der Waals surface area contributed by atoms with Gasteiger partial charge in [-0.15, -0.1) is 11.3 Å². The first kappa shape index (κ1) is 21.5. The van der Waals surface area contributed by atoms with Crippen LogP contribution in [-0.4, -0.2) is 64.8 Å². The third-order valence-electron chi connectivity index (χ3n) is 4.16. The zero-order valence-corrected chi connectivity index (χ0v) is 19.2. The van der Waals surface area contributed by atoms with Crippen LogP contribution in [0.15, 0.2) is 35.2 Å². The lowest BCUT2D eigenvalue weighted by Crippen LogP contribution is -2.28. The molecule has 2 heterocycles. The molecule has 0 saturated carbocycles. The van der Waals surface area contributed by atoms with E-state index in [0.29, 0.717) is 30.2 Å². The Labute approximate surface area is 178 Å². The first-order valence-corrected chi connectivity index (χ1v) is 12.4. The van der Waals surface area contributed by atoms with Crippen LogP contribution >= 0.6 is 22.7 Å². The molecule has 1 aromatic carbocycles. The molecule has 0 fully saturated rings. The van der Waals surface area contributed by atoms with Crippen molar-refractivity contribution in [3.63, 3.8) is 0 Å². The van der Waals surface area contributed by atoms with Gasteiger partial charge in [0.05, 0.1) is 21.1 Å². The summed E-state index contributed by atoms with van der Waals surface area (Å²) >= 11 is 2.97. The molecule has 156 valence electrons. The van der Waals surface area contributed by atoms with Crippen LogP contribution in [0.4, 0.5) is 5.13 Å². The van der Waals surface area contributed by atoms with Crippen molar-refractivity contribution in [3.8, 4) is 5.75 Å². The van der Waals surface area contributed by atoms with Crippen molar-refractivity contribution < 1.29 is 17.9 Å². The van der Waals surface area contributed by atoms with E-state index in [9.17, 15) is 13.2 Å². The van der Waals surface area contributed by atoms with E-state index in [0.717, 1.165) is 20.9 Å². The number of thiazole rings is 1. The highest BCUT2D eigenvalue weighted by molar-refractivity contribution is 7.90. The molecule has 0 saturated heterocycles. The summed E-state index contributed by atoms with van der Waals surface area (Å²) in [4.78, 5) is 22.6. The van der Waals surface area contributed by atoms with Gasteiger partial charge in [-0.2, -0.15) is 0 Å². The maximum Gasteiger partial charge on any atom is 0.263 e. The molecule has 0 spiro atoms. The maximum absolute atomic E-state index is 12.6. The summed E-state index contributed by atoms with van der Waals surface area (Å²) in [6, 6.07) is 8.32. The lowest BCUT2D eigenvalue weighted by atomic mass is 10.3. The molecule has 0 atom stereocenters. The second-order valence-corrected chi connectivity index (χ2v) is 10.9. The van der Waals surface area contributed by atoms with Crippen molar-refractivity contribution in [1.29, 1.82) is 0 Å². The Hall–Kier alpha value is -2.17. The molecule has 10 heteroatoms. The van der Waals surface area contributed by atoms with Gasteiger partial charge in [0.25, 0.3) is 5.91 Å². The van der Waals surface area contributed by atoms with Gasteiger partial charge >= 0.3 is 0 Å². The summed E-state index contributed by atoms with van der Waals surface area (Å²) < 4.78 is 29.9. The molecule has 7 nitrogen and oxygen atoms in total. The smallest absolute Gasteiger partial charge is 0.263 e. The van der Waals surface area contributed by atoms with Crippen LogP contribution in [0.5, 0.6) is 5.75 Å². The van der Waals surface area contributed by atoms with E-state index in [-0.39, 0.29) is 10.8 Å². The van der Waals surface area contributed by atoms with E-state index >= 15 is 0 Å². The number of hydrogen-bond donors (Lipinski definition) is 0. The molecular weight excluding hydrogens is 430 g/mol. The number of hydrogen-bond acceptors (Lipinski definition) is 8. The average molecular weight is 454 g/mol. The zero-order chi connectivity index (χ0) is 21.2. The average Bonchev–Trinajstić information content (AvgIpc) is 3.23. The predicted octanol–water partition coefficient (Wildman–Crippen LogP) is 3.37. The highest BCUT2D eigenvalue weighted by Crippen LogP contribution is 2.34. The fraction of sp³-hybridized carbons (Fsp3) is 0.368. The van der Waals surface area contributed by atoms with Crippen LogP contribution in [0.1, 0.15) is 16.1 Å². The monoisotopic (exact) mass is 453 g/mol. The Kier molecular flexibility index (Phi) is 6.45. The maximum atomic E-state index is 12.6. The Morgan fingerprint density at radius 2 is 1.93 bits per heavy atom. The quantitative estimate of drug-likeness (QED) is 0.487. The van der Waals surface area contributed by atoms with E-state index in [2.05, 4.69) is 4.98 Å². The molecule has 1 amide bonds. The van der Waals surface area contributed by atoms with Crippen LogP contribution < -0.4 is 9.64 Å². The highest BCUT2D eigenvalue weighted by Gasteiger charge is 2.17. The molecule has 2 aromatic heterocycles. The number of anilines is 1. The minimum absolute atomic E-state index is 0.0364. The number of benzene rings is 1. The molecule has 29 heavy (non-hydrogen) atoms. The first-order chi connectivity index (χ1) is 13.6. The molecule has 0 bridgehead atoms.